The normalized spacial score (nSPS) is 12.8. The highest BCUT2D eigenvalue weighted by Crippen LogP contribution is 2.51. The predicted molar refractivity (Wildman–Crippen MR) is 202 cm³/mol. The molecule has 0 fully saturated rings. The summed E-state index contributed by atoms with van der Waals surface area (Å²) in [5.41, 5.74) is 12.4. The Morgan fingerprint density at radius 2 is 1.15 bits per heavy atom. The van der Waals surface area contributed by atoms with Crippen molar-refractivity contribution in [2.45, 2.75) is 13.3 Å². The zero-order chi connectivity index (χ0) is 31.2. The molecule has 4 aromatic heterocycles. The predicted octanol–water partition coefficient (Wildman–Crippen LogP) is 11.8. The van der Waals surface area contributed by atoms with Crippen LogP contribution in [0, 0.1) is 0 Å². The molecule has 1 aliphatic carbocycles. The Morgan fingerprint density at radius 1 is 0.479 bits per heavy atom. The molecule has 0 bridgehead atoms. The van der Waals surface area contributed by atoms with Crippen LogP contribution in [0.5, 0.6) is 0 Å². The Kier molecular flexibility index (Phi) is 4.46. The van der Waals surface area contributed by atoms with Gasteiger partial charge in [0.25, 0.3) is 0 Å². The third-order valence-corrected chi connectivity index (χ3v) is 11.1. The number of fused-ring (bicyclic) bond motifs is 15. The van der Waals surface area contributed by atoms with E-state index < -0.39 is 0 Å². The summed E-state index contributed by atoms with van der Waals surface area (Å²) in [6, 6.07) is 49.3. The molecule has 0 spiro atoms. The first kappa shape index (κ1) is 25.0. The van der Waals surface area contributed by atoms with E-state index in [2.05, 4.69) is 149 Å². The fourth-order valence-corrected chi connectivity index (χ4v) is 9.26. The maximum Gasteiger partial charge on any atom is 0.142 e. The van der Waals surface area contributed by atoms with Crippen LogP contribution >= 0.6 is 0 Å². The highest BCUT2D eigenvalue weighted by Gasteiger charge is 2.29. The maximum absolute atomic E-state index is 5.70. The van der Waals surface area contributed by atoms with Crippen molar-refractivity contribution in [3.05, 3.63) is 139 Å². The minimum Gasteiger partial charge on any atom is -0.307 e. The number of rotatable bonds is 2. The van der Waals surface area contributed by atoms with Crippen molar-refractivity contribution in [2.75, 3.05) is 0 Å². The van der Waals surface area contributed by atoms with E-state index in [4.69, 9.17) is 4.98 Å². The summed E-state index contributed by atoms with van der Waals surface area (Å²) in [6.07, 6.45) is 0.881. The average molecular weight is 610 g/mol. The number of pyridine rings is 1. The fourth-order valence-electron chi connectivity index (χ4n) is 9.26. The molecule has 11 aromatic rings. The van der Waals surface area contributed by atoms with Gasteiger partial charge in [-0.3, -0.25) is 4.57 Å². The number of aryl methyl sites for hydroxylation is 1. The first-order valence-corrected chi connectivity index (χ1v) is 16.9. The second-order valence-electron chi connectivity index (χ2n) is 13.3. The lowest BCUT2D eigenvalue weighted by molar-refractivity contribution is 1.02. The smallest absolute Gasteiger partial charge is 0.142 e. The number of nitrogens with zero attached hydrogens (tertiary/aromatic N) is 3. The summed E-state index contributed by atoms with van der Waals surface area (Å²) in [6.45, 7) is 2.28. The molecule has 7 aromatic carbocycles. The number of para-hydroxylation sites is 2. The van der Waals surface area contributed by atoms with Crippen molar-refractivity contribution >= 4 is 81.4 Å². The van der Waals surface area contributed by atoms with Crippen molar-refractivity contribution in [2.24, 2.45) is 0 Å². The van der Waals surface area contributed by atoms with Gasteiger partial charge < -0.3 is 4.40 Å². The summed E-state index contributed by atoms with van der Waals surface area (Å²) < 4.78 is 5.05. The van der Waals surface area contributed by atoms with Gasteiger partial charge in [0, 0.05) is 54.2 Å². The number of benzene rings is 7. The summed E-state index contributed by atoms with van der Waals surface area (Å²) in [7, 11) is 0. The highest BCUT2D eigenvalue weighted by molar-refractivity contribution is 6.36. The topological polar surface area (TPSA) is 22.2 Å². The van der Waals surface area contributed by atoms with Gasteiger partial charge >= 0.3 is 0 Å². The summed E-state index contributed by atoms with van der Waals surface area (Å²) >= 11 is 0. The fraction of sp³-hybridized carbons (Fsp3) is 0.0444. The molecule has 48 heavy (non-hydrogen) atoms. The Labute approximate surface area is 275 Å². The maximum atomic E-state index is 5.70. The number of hydrogen-bond acceptors (Lipinski definition) is 1. The SMILES string of the molecule is CCc1c(-n2c3ccccc3c3cc4c5ccccc5n5c6c7ccccc7ccc6c(c32)c45)nc2c3c(cccc13)-c1ccccc1-2. The molecule has 0 atom stereocenters. The van der Waals surface area contributed by atoms with Crippen LogP contribution in [-0.2, 0) is 6.42 Å². The minimum atomic E-state index is 0.881. The Hall–Kier alpha value is -6.19. The average Bonchev–Trinajstić information content (AvgIpc) is 3.86. The van der Waals surface area contributed by atoms with Crippen LogP contribution < -0.4 is 0 Å². The summed E-state index contributed by atoms with van der Waals surface area (Å²) in [4.78, 5) is 5.70. The van der Waals surface area contributed by atoms with Gasteiger partial charge in [-0.2, -0.15) is 0 Å². The zero-order valence-corrected chi connectivity index (χ0v) is 26.3. The molecule has 0 unspecified atom stereocenters. The molecule has 3 nitrogen and oxygen atoms in total. The van der Waals surface area contributed by atoms with E-state index in [9.17, 15) is 0 Å². The molecule has 0 saturated carbocycles. The Balaban J connectivity index is 1.37. The van der Waals surface area contributed by atoms with Gasteiger partial charge in [0.1, 0.15) is 5.82 Å². The van der Waals surface area contributed by atoms with Crippen LogP contribution in [0.15, 0.2) is 133 Å². The van der Waals surface area contributed by atoms with Crippen LogP contribution in [-0.4, -0.2) is 14.0 Å². The minimum absolute atomic E-state index is 0.881. The first-order chi connectivity index (χ1) is 23.8. The van der Waals surface area contributed by atoms with Crippen molar-refractivity contribution in [3.63, 3.8) is 0 Å². The van der Waals surface area contributed by atoms with Crippen LogP contribution in [0.3, 0.4) is 0 Å². The van der Waals surface area contributed by atoms with E-state index in [-0.39, 0.29) is 0 Å². The molecular weight excluding hydrogens is 583 g/mol. The highest BCUT2D eigenvalue weighted by atomic mass is 15.1. The van der Waals surface area contributed by atoms with Crippen LogP contribution in [0.1, 0.15) is 12.5 Å². The quantitative estimate of drug-likeness (QED) is 0.191. The van der Waals surface area contributed by atoms with Gasteiger partial charge in [0.05, 0.1) is 33.3 Å². The molecule has 12 rings (SSSR count). The third kappa shape index (κ3) is 2.78. The van der Waals surface area contributed by atoms with Gasteiger partial charge in [-0.05, 0) is 46.5 Å². The van der Waals surface area contributed by atoms with Gasteiger partial charge in [-0.25, -0.2) is 4.98 Å². The monoisotopic (exact) mass is 609 g/mol. The summed E-state index contributed by atoms with van der Waals surface area (Å²) in [5.74, 6) is 1.03. The molecule has 0 amide bonds. The molecule has 4 heterocycles. The molecule has 0 aliphatic heterocycles. The Bertz CT molecular complexity index is 3210. The number of hydrogen-bond donors (Lipinski definition) is 0. The summed E-state index contributed by atoms with van der Waals surface area (Å²) in [5, 5.41) is 12.8. The van der Waals surface area contributed by atoms with E-state index >= 15 is 0 Å². The van der Waals surface area contributed by atoms with Gasteiger partial charge in [-0.15, -0.1) is 0 Å². The standard InChI is InChI=1S/C45H27N3/c1-2-26-31-18-11-19-32-28-14-5-6-17-33(28)41(39(31)32)46-45(26)48-38-21-10-8-16-30(38)36-24-35-29-15-7-9-20-37(29)47-42-27-13-4-3-12-25(27)22-23-34(42)40(43(35)47)44(36)48/h3-24H,2H2,1H3. The first-order valence-electron chi connectivity index (χ1n) is 16.9. The largest absolute Gasteiger partial charge is 0.307 e. The second kappa shape index (κ2) is 8.58. The number of aromatic nitrogens is 3. The van der Waals surface area contributed by atoms with Crippen LogP contribution in [0.25, 0.3) is 110 Å². The third-order valence-electron chi connectivity index (χ3n) is 11.1. The van der Waals surface area contributed by atoms with E-state index in [1.807, 2.05) is 0 Å². The molecule has 0 radical (unpaired) electrons. The van der Waals surface area contributed by atoms with Gasteiger partial charge in [-0.1, -0.05) is 122 Å². The van der Waals surface area contributed by atoms with Gasteiger partial charge in [0.2, 0.25) is 0 Å². The zero-order valence-electron chi connectivity index (χ0n) is 26.3. The van der Waals surface area contributed by atoms with Crippen molar-refractivity contribution in [1.82, 2.24) is 14.0 Å². The lowest BCUT2D eigenvalue weighted by Crippen LogP contribution is -2.05. The van der Waals surface area contributed by atoms with E-state index in [1.165, 1.54) is 104 Å². The second-order valence-corrected chi connectivity index (χ2v) is 13.3. The van der Waals surface area contributed by atoms with Crippen molar-refractivity contribution < 1.29 is 0 Å². The van der Waals surface area contributed by atoms with E-state index in [0.717, 1.165) is 17.9 Å². The van der Waals surface area contributed by atoms with Crippen molar-refractivity contribution in [3.8, 4) is 28.2 Å². The lowest BCUT2D eigenvalue weighted by Gasteiger charge is -2.16. The van der Waals surface area contributed by atoms with E-state index in [1.54, 1.807) is 0 Å². The van der Waals surface area contributed by atoms with Crippen LogP contribution in [0.4, 0.5) is 0 Å². The van der Waals surface area contributed by atoms with Crippen molar-refractivity contribution in [1.29, 1.82) is 0 Å². The lowest BCUT2D eigenvalue weighted by atomic mass is 9.99. The molecule has 222 valence electrons. The molecule has 0 N–H and O–H groups in total. The molecular formula is C45H27N3. The van der Waals surface area contributed by atoms with E-state index in [0.29, 0.717) is 0 Å². The molecule has 1 aliphatic rings. The molecule has 0 saturated heterocycles. The molecule has 3 heteroatoms. The Morgan fingerprint density at radius 3 is 2.00 bits per heavy atom. The van der Waals surface area contributed by atoms with Gasteiger partial charge in [0.15, 0.2) is 0 Å². The van der Waals surface area contributed by atoms with Crippen LogP contribution in [0.2, 0.25) is 0 Å².